The topological polar surface area (TPSA) is 66.4 Å². The molecule has 124 valence electrons. The van der Waals surface area contributed by atoms with Crippen molar-refractivity contribution in [2.75, 3.05) is 12.3 Å². The largest absolute Gasteiger partial charge is 0.481 e. The van der Waals surface area contributed by atoms with Crippen molar-refractivity contribution in [2.24, 2.45) is 11.8 Å². The highest BCUT2D eigenvalue weighted by molar-refractivity contribution is 7.99. The molecule has 4 nitrogen and oxygen atoms in total. The van der Waals surface area contributed by atoms with Crippen molar-refractivity contribution in [1.29, 1.82) is 0 Å². The van der Waals surface area contributed by atoms with Crippen LogP contribution in [0.25, 0.3) is 0 Å². The summed E-state index contributed by atoms with van der Waals surface area (Å²) in [4.78, 5) is 23.5. The maximum Gasteiger partial charge on any atom is 0.306 e. The second kappa shape index (κ2) is 7.39. The van der Waals surface area contributed by atoms with Crippen molar-refractivity contribution in [3.63, 3.8) is 0 Å². The fraction of sp³-hybridized carbons (Fsp3) is 0.556. The van der Waals surface area contributed by atoms with E-state index >= 15 is 0 Å². The number of hydrogen-bond donors (Lipinski definition) is 2. The quantitative estimate of drug-likeness (QED) is 0.889. The number of aliphatic carboxylic acids is 1. The number of nitrogens with one attached hydrogen (secondary N) is 1. The summed E-state index contributed by atoms with van der Waals surface area (Å²) in [7, 11) is 0. The minimum atomic E-state index is -0.765. The summed E-state index contributed by atoms with van der Waals surface area (Å²) in [6, 6.07) is 8.44. The van der Waals surface area contributed by atoms with Gasteiger partial charge in [0.05, 0.1) is 5.92 Å². The van der Waals surface area contributed by atoms with Crippen molar-refractivity contribution < 1.29 is 14.7 Å². The first-order valence-electron chi connectivity index (χ1n) is 8.35. The summed E-state index contributed by atoms with van der Waals surface area (Å²) in [6.45, 7) is 0.634. The van der Waals surface area contributed by atoms with E-state index in [0.717, 1.165) is 25.0 Å². The number of thioether (sulfide) groups is 1. The molecule has 1 aromatic rings. The van der Waals surface area contributed by atoms with E-state index in [-0.39, 0.29) is 17.7 Å². The second-order valence-corrected chi connectivity index (χ2v) is 7.76. The molecule has 1 fully saturated rings. The van der Waals surface area contributed by atoms with Gasteiger partial charge in [0.2, 0.25) is 5.91 Å². The Labute approximate surface area is 141 Å². The number of fused-ring (bicyclic) bond motifs is 1. The molecule has 0 spiro atoms. The van der Waals surface area contributed by atoms with Crippen LogP contribution < -0.4 is 5.32 Å². The molecule has 1 amide bonds. The normalized spacial score (nSPS) is 27.0. The van der Waals surface area contributed by atoms with Gasteiger partial charge in [-0.25, -0.2) is 0 Å². The second-order valence-electron chi connectivity index (χ2n) is 6.45. The van der Waals surface area contributed by atoms with Gasteiger partial charge in [0.25, 0.3) is 0 Å². The number of aryl methyl sites for hydroxylation is 1. The van der Waals surface area contributed by atoms with Gasteiger partial charge in [0.1, 0.15) is 0 Å². The number of carbonyl (C=O) groups excluding carboxylic acids is 1. The van der Waals surface area contributed by atoms with Gasteiger partial charge in [0.15, 0.2) is 0 Å². The Morgan fingerprint density at radius 2 is 2.00 bits per heavy atom. The number of carbonyl (C=O) groups is 2. The van der Waals surface area contributed by atoms with Crippen LogP contribution in [0.2, 0.25) is 0 Å². The van der Waals surface area contributed by atoms with Crippen LogP contribution in [0.3, 0.4) is 0 Å². The molecule has 3 rings (SSSR count). The highest BCUT2D eigenvalue weighted by Gasteiger charge is 2.31. The monoisotopic (exact) mass is 333 g/mol. The van der Waals surface area contributed by atoms with Crippen molar-refractivity contribution in [3.8, 4) is 0 Å². The molecule has 1 heterocycles. The molecule has 3 atom stereocenters. The highest BCUT2D eigenvalue weighted by Crippen LogP contribution is 2.36. The Morgan fingerprint density at radius 1 is 1.22 bits per heavy atom. The van der Waals surface area contributed by atoms with Crippen molar-refractivity contribution in [2.45, 2.75) is 37.4 Å². The highest BCUT2D eigenvalue weighted by atomic mass is 32.2. The molecule has 0 radical (unpaired) electrons. The summed E-state index contributed by atoms with van der Waals surface area (Å²) >= 11 is 1.89. The van der Waals surface area contributed by atoms with E-state index in [1.165, 1.54) is 11.1 Å². The maximum atomic E-state index is 12.4. The Bertz CT molecular complexity index is 589. The molecule has 5 heteroatoms. The van der Waals surface area contributed by atoms with Gasteiger partial charge in [-0.1, -0.05) is 30.7 Å². The van der Waals surface area contributed by atoms with Crippen LogP contribution >= 0.6 is 11.8 Å². The number of amides is 1. The van der Waals surface area contributed by atoms with Crippen molar-refractivity contribution in [3.05, 3.63) is 35.4 Å². The van der Waals surface area contributed by atoms with Crippen LogP contribution in [0.1, 0.15) is 42.1 Å². The van der Waals surface area contributed by atoms with Gasteiger partial charge in [-0.3, -0.25) is 9.59 Å². The van der Waals surface area contributed by atoms with Gasteiger partial charge in [-0.2, -0.15) is 11.8 Å². The lowest BCUT2D eigenvalue weighted by Gasteiger charge is -2.28. The molecule has 1 aliphatic carbocycles. The summed E-state index contributed by atoms with van der Waals surface area (Å²) < 4.78 is 0. The molecule has 2 aliphatic rings. The molecule has 0 saturated heterocycles. The van der Waals surface area contributed by atoms with E-state index in [9.17, 15) is 9.59 Å². The van der Waals surface area contributed by atoms with E-state index in [0.29, 0.717) is 24.6 Å². The molecule has 3 unspecified atom stereocenters. The minimum absolute atomic E-state index is 0.0274. The lowest BCUT2D eigenvalue weighted by molar-refractivity contribution is -0.144. The zero-order valence-corrected chi connectivity index (χ0v) is 14.0. The number of benzene rings is 1. The third-order valence-corrected chi connectivity index (χ3v) is 6.21. The smallest absolute Gasteiger partial charge is 0.306 e. The summed E-state index contributed by atoms with van der Waals surface area (Å²) in [5, 5.41) is 12.5. The lowest BCUT2D eigenvalue weighted by atomic mass is 9.81. The lowest BCUT2D eigenvalue weighted by Crippen LogP contribution is -2.37. The van der Waals surface area contributed by atoms with Crippen LogP contribution in [0.15, 0.2) is 24.3 Å². The van der Waals surface area contributed by atoms with Gasteiger partial charge >= 0.3 is 5.97 Å². The average Bonchev–Trinajstić information content (AvgIpc) is 2.59. The average molecular weight is 333 g/mol. The molecule has 1 aliphatic heterocycles. The molecule has 1 aromatic carbocycles. The summed E-state index contributed by atoms with van der Waals surface area (Å²) in [5.41, 5.74) is 2.71. The molecule has 0 bridgehead atoms. The fourth-order valence-corrected chi connectivity index (χ4v) is 4.87. The fourth-order valence-electron chi connectivity index (χ4n) is 3.64. The first-order valence-corrected chi connectivity index (χ1v) is 9.40. The predicted molar refractivity (Wildman–Crippen MR) is 91.4 cm³/mol. The van der Waals surface area contributed by atoms with Crippen LogP contribution in [-0.2, 0) is 16.0 Å². The first-order chi connectivity index (χ1) is 11.1. The van der Waals surface area contributed by atoms with E-state index < -0.39 is 5.97 Å². The first kappa shape index (κ1) is 16.4. The van der Waals surface area contributed by atoms with E-state index in [4.69, 9.17) is 5.11 Å². The van der Waals surface area contributed by atoms with Crippen molar-refractivity contribution >= 4 is 23.6 Å². The summed E-state index contributed by atoms with van der Waals surface area (Å²) in [6.07, 6.45) is 3.91. The third kappa shape index (κ3) is 3.89. The van der Waals surface area contributed by atoms with Crippen LogP contribution in [0.5, 0.6) is 0 Å². The van der Waals surface area contributed by atoms with E-state index in [2.05, 4.69) is 29.6 Å². The van der Waals surface area contributed by atoms with Crippen LogP contribution in [0.4, 0.5) is 0 Å². The van der Waals surface area contributed by atoms with E-state index in [1.807, 2.05) is 11.8 Å². The molecular weight excluding hydrogens is 310 g/mol. The molecular formula is C18H23NO3S. The zero-order valence-electron chi connectivity index (χ0n) is 13.2. The van der Waals surface area contributed by atoms with Gasteiger partial charge < -0.3 is 10.4 Å². The van der Waals surface area contributed by atoms with E-state index in [1.54, 1.807) is 0 Å². The standard InChI is InChI=1S/C18H23NO3S/c20-17(13-5-3-6-14(10-13)18(21)22)19-11-16-15-7-2-1-4-12(15)8-9-23-16/h1-2,4,7,13-14,16H,3,5-6,8-11H2,(H,19,20)(H,21,22). The number of carboxylic acid groups (broad SMARTS) is 1. The molecule has 1 saturated carbocycles. The Kier molecular flexibility index (Phi) is 5.26. The molecule has 23 heavy (non-hydrogen) atoms. The summed E-state index contributed by atoms with van der Waals surface area (Å²) in [5.74, 6) is -0.154. The maximum absolute atomic E-state index is 12.4. The predicted octanol–water partition coefficient (Wildman–Crippen LogP) is 3.02. The molecule has 2 N–H and O–H groups in total. The number of rotatable bonds is 4. The Hall–Kier alpha value is -1.49. The van der Waals surface area contributed by atoms with Gasteiger partial charge in [0, 0.05) is 17.7 Å². The van der Waals surface area contributed by atoms with Gasteiger partial charge in [-0.15, -0.1) is 0 Å². The molecule has 0 aromatic heterocycles. The SMILES string of the molecule is O=C(O)C1CCCC(C(=O)NCC2SCCc3ccccc32)C1. The Morgan fingerprint density at radius 3 is 2.83 bits per heavy atom. The van der Waals surface area contributed by atoms with Gasteiger partial charge in [-0.05, 0) is 42.6 Å². The number of hydrogen-bond acceptors (Lipinski definition) is 3. The third-order valence-electron chi connectivity index (χ3n) is 4.95. The Balaban J connectivity index is 1.56. The van der Waals surface area contributed by atoms with Crippen LogP contribution in [0, 0.1) is 11.8 Å². The number of carboxylic acids is 1. The minimum Gasteiger partial charge on any atom is -0.481 e. The van der Waals surface area contributed by atoms with Crippen LogP contribution in [-0.4, -0.2) is 29.3 Å². The van der Waals surface area contributed by atoms with Crippen molar-refractivity contribution in [1.82, 2.24) is 5.32 Å². The zero-order chi connectivity index (χ0) is 16.2.